The van der Waals surface area contributed by atoms with Gasteiger partial charge in [-0.05, 0) is 34.2 Å². The third-order valence-corrected chi connectivity index (χ3v) is 6.32. The molecule has 4 nitrogen and oxygen atoms in total. The topological polar surface area (TPSA) is 65.1 Å². The predicted octanol–water partition coefficient (Wildman–Crippen LogP) is 5.75. The minimum absolute atomic E-state index is 0.318. The van der Waals surface area contributed by atoms with Crippen molar-refractivity contribution in [2.45, 2.75) is 18.0 Å². The molecule has 4 aromatic carbocycles. The van der Waals surface area contributed by atoms with Gasteiger partial charge in [0.05, 0.1) is 5.54 Å². The van der Waals surface area contributed by atoms with E-state index in [1.165, 1.54) is 0 Å². The highest BCUT2D eigenvalue weighted by Crippen LogP contribution is 2.37. The molecule has 0 unspecified atom stereocenters. The minimum Gasteiger partial charge on any atom is -0.480 e. The number of para-hydroxylation sites is 1. The van der Waals surface area contributed by atoms with Gasteiger partial charge in [-0.15, -0.1) is 0 Å². The highest BCUT2D eigenvalue weighted by Gasteiger charge is 2.39. The van der Waals surface area contributed by atoms with Crippen LogP contribution in [0.5, 0.6) is 0 Å². The van der Waals surface area contributed by atoms with E-state index in [9.17, 15) is 9.90 Å². The summed E-state index contributed by atoms with van der Waals surface area (Å²) in [7, 11) is 0. The Balaban J connectivity index is 1.65. The van der Waals surface area contributed by atoms with Gasteiger partial charge in [0.2, 0.25) is 0 Å². The molecular formula is C30H26N2O2. The first kappa shape index (κ1) is 21.7. The summed E-state index contributed by atoms with van der Waals surface area (Å²) < 4.78 is 0. The van der Waals surface area contributed by atoms with Gasteiger partial charge in [-0.1, -0.05) is 109 Å². The summed E-state index contributed by atoms with van der Waals surface area (Å²) >= 11 is 0. The van der Waals surface area contributed by atoms with Crippen molar-refractivity contribution < 1.29 is 9.90 Å². The number of carboxylic acids is 1. The Morgan fingerprint density at radius 1 is 0.735 bits per heavy atom. The number of nitrogens with one attached hydrogen (secondary N) is 2. The van der Waals surface area contributed by atoms with E-state index in [-0.39, 0.29) is 0 Å². The van der Waals surface area contributed by atoms with Gasteiger partial charge in [-0.25, -0.2) is 0 Å². The van der Waals surface area contributed by atoms with E-state index >= 15 is 0 Å². The Bertz CT molecular complexity index is 1250. The van der Waals surface area contributed by atoms with Gasteiger partial charge in [0.1, 0.15) is 6.04 Å². The summed E-state index contributed by atoms with van der Waals surface area (Å²) in [5.74, 6) is -0.897. The first-order valence-electron chi connectivity index (χ1n) is 11.4. The van der Waals surface area contributed by atoms with Crippen molar-refractivity contribution in [3.63, 3.8) is 0 Å². The monoisotopic (exact) mass is 446 g/mol. The Morgan fingerprint density at radius 2 is 1.21 bits per heavy atom. The lowest BCUT2D eigenvalue weighted by Crippen LogP contribution is -2.53. The lowest BCUT2D eigenvalue weighted by Gasteiger charge is -2.39. The summed E-state index contributed by atoms with van der Waals surface area (Å²) in [6.07, 6.45) is 0.318. The number of fused-ring (bicyclic) bond motifs is 1. The minimum atomic E-state index is -0.897. The number of rotatable bonds is 8. The van der Waals surface area contributed by atoms with Crippen LogP contribution in [0.4, 0.5) is 0 Å². The zero-order valence-electron chi connectivity index (χ0n) is 18.7. The van der Waals surface area contributed by atoms with Crippen molar-refractivity contribution in [2.24, 2.45) is 0 Å². The molecule has 5 rings (SSSR count). The van der Waals surface area contributed by atoms with Crippen molar-refractivity contribution in [3.05, 3.63) is 144 Å². The maximum atomic E-state index is 12.6. The molecule has 0 spiro atoms. The molecule has 1 heterocycles. The van der Waals surface area contributed by atoms with E-state index in [1.54, 1.807) is 0 Å². The summed E-state index contributed by atoms with van der Waals surface area (Å²) in [6, 6.07) is 39.4. The van der Waals surface area contributed by atoms with Gasteiger partial charge >= 0.3 is 5.97 Å². The van der Waals surface area contributed by atoms with Crippen LogP contribution in [0, 0.1) is 0 Å². The van der Waals surface area contributed by atoms with E-state index in [4.69, 9.17) is 0 Å². The molecule has 1 aromatic heterocycles. The molecule has 4 heteroatoms. The zero-order chi connectivity index (χ0) is 23.4. The van der Waals surface area contributed by atoms with E-state index in [0.29, 0.717) is 6.42 Å². The number of hydrogen-bond acceptors (Lipinski definition) is 2. The predicted molar refractivity (Wildman–Crippen MR) is 136 cm³/mol. The second-order valence-electron chi connectivity index (χ2n) is 8.47. The van der Waals surface area contributed by atoms with Crippen LogP contribution in [-0.4, -0.2) is 22.1 Å². The van der Waals surface area contributed by atoms with Crippen LogP contribution >= 0.6 is 0 Å². The molecule has 0 radical (unpaired) electrons. The molecule has 0 fully saturated rings. The van der Waals surface area contributed by atoms with Crippen LogP contribution in [-0.2, 0) is 16.8 Å². The normalized spacial score (nSPS) is 12.5. The second-order valence-corrected chi connectivity index (χ2v) is 8.47. The van der Waals surface area contributed by atoms with Crippen LogP contribution in [0.3, 0.4) is 0 Å². The number of hydrogen-bond donors (Lipinski definition) is 3. The van der Waals surface area contributed by atoms with Gasteiger partial charge in [0, 0.05) is 17.6 Å². The highest BCUT2D eigenvalue weighted by atomic mass is 16.4. The lowest BCUT2D eigenvalue weighted by atomic mass is 9.76. The van der Waals surface area contributed by atoms with Crippen LogP contribution < -0.4 is 5.32 Å². The van der Waals surface area contributed by atoms with Gasteiger partial charge in [0.25, 0.3) is 0 Å². The molecule has 5 aromatic rings. The smallest absolute Gasteiger partial charge is 0.321 e. The standard InChI is InChI=1S/C30H26N2O2/c33-29(34)28(21-26-20-22-12-10-11-19-27(22)31-26)32-30(23-13-4-1-5-14-23,24-15-6-2-7-16-24)25-17-8-3-9-18-25/h1-20,28,31-32H,21H2,(H,33,34)/t28-/m0/s1. The van der Waals surface area contributed by atoms with Crippen LogP contribution in [0.2, 0.25) is 0 Å². The third kappa shape index (κ3) is 4.12. The second kappa shape index (κ2) is 9.38. The fourth-order valence-electron chi connectivity index (χ4n) is 4.74. The first-order valence-corrected chi connectivity index (χ1v) is 11.4. The third-order valence-electron chi connectivity index (χ3n) is 6.32. The molecule has 1 atom stereocenters. The van der Waals surface area contributed by atoms with Crippen molar-refractivity contribution in [2.75, 3.05) is 0 Å². The number of benzene rings is 4. The summed E-state index contributed by atoms with van der Waals surface area (Å²) in [4.78, 5) is 16.0. The zero-order valence-corrected chi connectivity index (χ0v) is 18.7. The molecular weight excluding hydrogens is 420 g/mol. The number of carbonyl (C=O) groups is 1. The van der Waals surface area contributed by atoms with E-state index in [0.717, 1.165) is 33.3 Å². The van der Waals surface area contributed by atoms with Crippen molar-refractivity contribution in [3.8, 4) is 0 Å². The Labute approximate surface area is 198 Å². The molecule has 0 bridgehead atoms. The van der Waals surface area contributed by atoms with Gasteiger partial charge < -0.3 is 10.1 Å². The molecule has 0 saturated carbocycles. The van der Waals surface area contributed by atoms with Crippen LogP contribution in [0.15, 0.2) is 121 Å². The molecule has 0 saturated heterocycles. The summed E-state index contributed by atoms with van der Waals surface area (Å²) in [5, 5.41) is 15.0. The van der Waals surface area contributed by atoms with E-state index in [1.807, 2.05) is 84.9 Å². The Morgan fingerprint density at radius 3 is 1.68 bits per heavy atom. The maximum Gasteiger partial charge on any atom is 0.321 e. The van der Waals surface area contributed by atoms with Crippen molar-refractivity contribution in [1.82, 2.24) is 10.3 Å². The lowest BCUT2D eigenvalue weighted by molar-refractivity contribution is -0.139. The Hall–Kier alpha value is -4.15. The first-order chi connectivity index (χ1) is 16.7. The highest BCUT2D eigenvalue weighted by molar-refractivity contribution is 5.81. The molecule has 0 amide bonds. The maximum absolute atomic E-state index is 12.6. The van der Waals surface area contributed by atoms with E-state index < -0.39 is 17.6 Å². The fourth-order valence-corrected chi connectivity index (χ4v) is 4.74. The SMILES string of the molecule is O=C(O)[C@H](Cc1cc2ccccc2[nH]1)NC(c1ccccc1)(c1ccccc1)c1ccccc1. The molecule has 0 aliphatic rings. The Kier molecular flexibility index (Phi) is 5.98. The largest absolute Gasteiger partial charge is 0.480 e. The van der Waals surface area contributed by atoms with Crippen LogP contribution in [0.1, 0.15) is 22.4 Å². The fraction of sp³-hybridized carbons (Fsp3) is 0.100. The molecule has 34 heavy (non-hydrogen) atoms. The molecule has 0 aliphatic heterocycles. The van der Waals surface area contributed by atoms with Gasteiger partial charge in [0.15, 0.2) is 0 Å². The summed E-state index contributed by atoms with van der Waals surface area (Å²) in [5.41, 5.74) is 3.98. The quantitative estimate of drug-likeness (QED) is 0.266. The van der Waals surface area contributed by atoms with Gasteiger partial charge in [-0.2, -0.15) is 0 Å². The summed E-state index contributed by atoms with van der Waals surface area (Å²) in [6.45, 7) is 0. The van der Waals surface area contributed by atoms with E-state index in [2.05, 4.69) is 46.7 Å². The molecule has 3 N–H and O–H groups in total. The number of carboxylic acid groups (broad SMARTS) is 1. The van der Waals surface area contributed by atoms with Crippen LogP contribution in [0.25, 0.3) is 10.9 Å². The number of aliphatic carboxylic acids is 1. The van der Waals surface area contributed by atoms with Gasteiger partial charge in [-0.3, -0.25) is 10.1 Å². The molecule has 168 valence electrons. The molecule has 0 aliphatic carbocycles. The number of H-pyrrole nitrogens is 1. The average molecular weight is 447 g/mol. The number of aromatic nitrogens is 1. The van der Waals surface area contributed by atoms with Crippen molar-refractivity contribution >= 4 is 16.9 Å². The number of aromatic amines is 1. The van der Waals surface area contributed by atoms with Crippen molar-refractivity contribution in [1.29, 1.82) is 0 Å². The average Bonchev–Trinajstić information content (AvgIpc) is 3.30.